The van der Waals surface area contributed by atoms with Gasteiger partial charge in [-0.25, -0.2) is 9.59 Å². The van der Waals surface area contributed by atoms with Crippen molar-refractivity contribution in [3.63, 3.8) is 0 Å². The number of carbonyl (C=O) groups is 2. The van der Waals surface area contributed by atoms with Crippen LogP contribution in [0.15, 0.2) is 12.1 Å². The van der Waals surface area contributed by atoms with Crippen LogP contribution in [0.2, 0.25) is 10.0 Å². The molecule has 7 nitrogen and oxygen atoms in total. The number of carbonyl (C=O) groups excluding carboxylic acids is 2. The molecule has 0 amide bonds. The minimum Gasteiger partial charge on any atom is -0.462 e. The third-order valence-corrected chi connectivity index (χ3v) is 4.84. The molecule has 0 aliphatic heterocycles. The Morgan fingerprint density at radius 1 is 1.23 bits per heavy atom. The molecule has 2 rings (SSSR count). The van der Waals surface area contributed by atoms with Gasteiger partial charge in [-0.2, -0.15) is 5.26 Å². The van der Waals surface area contributed by atoms with E-state index in [-0.39, 0.29) is 55.5 Å². The van der Waals surface area contributed by atoms with Crippen molar-refractivity contribution in [3.05, 3.63) is 43.7 Å². The first-order valence-corrected chi connectivity index (χ1v) is 8.77. The number of esters is 2. The van der Waals surface area contributed by atoms with Crippen LogP contribution in [0.4, 0.5) is 10.7 Å². The van der Waals surface area contributed by atoms with Crippen LogP contribution >= 0.6 is 34.5 Å². The summed E-state index contributed by atoms with van der Waals surface area (Å²) >= 11 is 12.7. The molecule has 0 unspecified atom stereocenters. The van der Waals surface area contributed by atoms with Crippen molar-refractivity contribution in [1.82, 2.24) is 0 Å². The second-order valence-electron chi connectivity index (χ2n) is 4.91. The summed E-state index contributed by atoms with van der Waals surface area (Å²) in [5.41, 5.74) is 11.7. The Morgan fingerprint density at radius 2 is 1.92 bits per heavy atom. The number of hydrogen-bond acceptors (Lipinski definition) is 8. The molecule has 0 aliphatic carbocycles. The summed E-state index contributed by atoms with van der Waals surface area (Å²) in [7, 11) is 0. The zero-order chi connectivity index (χ0) is 19.4. The third kappa shape index (κ3) is 4.02. The molecule has 1 heterocycles. The van der Waals surface area contributed by atoms with Crippen LogP contribution in [0.5, 0.6) is 0 Å². The highest BCUT2D eigenvalue weighted by atomic mass is 35.5. The maximum absolute atomic E-state index is 12.3. The third-order valence-electron chi connectivity index (χ3n) is 3.27. The largest absolute Gasteiger partial charge is 0.462 e. The van der Waals surface area contributed by atoms with E-state index in [0.717, 1.165) is 11.3 Å². The van der Waals surface area contributed by atoms with Gasteiger partial charge in [-0.15, -0.1) is 11.3 Å². The quantitative estimate of drug-likeness (QED) is 0.565. The zero-order valence-corrected chi connectivity index (χ0v) is 15.8. The Balaban J connectivity index is 2.31. The minimum atomic E-state index is -0.810. The molecular formula is C16H13Cl2N3O4S. The number of thiophene rings is 1. The molecule has 0 spiro atoms. The SMILES string of the molecule is CCOC(=O)c1sc(N)c(C#N)c1COC(=O)c1cc(Cl)cc(Cl)c1N. The molecule has 136 valence electrons. The Hall–Kier alpha value is -2.47. The monoisotopic (exact) mass is 413 g/mol. The predicted molar refractivity (Wildman–Crippen MR) is 99.4 cm³/mol. The molecule has 0 bridgehead atoms. The van der Waals surface area contributed by atoms with Gasteiger partial charge < -0.3 is 20.9 Å². The van der Waals surface area contributed by atoms with Crippen LogP contribution in [0.1, 0.15) is 38.1 Å². The van der Waals surface area contributed by atoms with Gasteiger partial charge in [-0.1, -0.05) is 23.2 Å². The van der Waals surface area contributed by atoms with E-state index in [1.807, 2.05) is 6.07 Å². The molecule has 0 saturated carbocycles. The lowest BCUT2D eigenvalue weighted by Crippen LogP contribution is -2.11. The molecule has 0 fully saturated rings. The second-order valence-corrected chi connectivity index (χ2v) is 6.80. The van der Waals surface area contributed by atoms with Crippen molar-refractivity contribution in [1.29, 1.82) is 5.26 Å². The lowest BCUT2D eigenvalue weighted by Gasteiger charge is -2.09. The number of nitrogens with two attached hydrogens (primary N) is 2. The maximum atomic E-state index is 12.3. The van der Waals surface area contributed by atoms with Crippen LogP contribution in [0, 0.1) is 11.3 Å². The summed E-state index contributed by atoms with van der Waals surface area (Å²) in [4.78, 5) is 24.4. The van der Waals surface area contributed by atoms with E-state index in [1.165, 1.54) is 12.1 Å². The number of anilines is 2. The van der Waals surface area contributed by atoms with Gasteiger partial charge in [0.1, 0.15) is 22.6 Å². The van der Waals surface area contributed by atoms with Crippen LogP contribution < -0.4 is 11.5 Å². The summed E-state index contributed by atoms with van der Waals surface area (Å²) in [6.45, 7) is 1.42. The summed E-state index contributed by atoms with van der Waals surface area (Å²) in [6.07, 6.45) is 0. The number of nitrogens with zero attached hydrogens (tertiary/aromatic N) is 1. The first-order valence-electron chi connectivity index (χ1n) is 7.20. The first-order chi connectivity index (χ1) is 12.3. The Kier molecular flexibility index (Phi) is 6.32. The van der Waals surface area contributed by atoms with E-state index in [0.29, 0.717) is 0 Å². The standard InChI is InChI=1S/C16H13Cl2N3O4S/c1-2-24-16(23)13-10(9(5-19)14(21)26-13)6-25-15(22)8-3-7(17)4-11(18)12(8)20/h3-4H,2,6,20-21H2,1H3. The number of nitrogen functional groups attached to an aromatic ring is 2. The molecule has 0 aliphatic rings. The van der Waals surface area contributed by atoms with Crippen LogP contribution in [-0.4, -0.2) is 18.5 Å². The molecule has 26 heavy (non-hydrogen) atoms. The van der Waals surface area contributed by atoms with E-state index in [1.54, 1.807) is 6.92 Å². The van der Waals surface area contributed by atoms with E-state index in [9.17, 15) is 14.9 Å². The molecule has 10 heteroatoms. The van der Waals surface area contributed by atoms with Gasteiger partial charge in [0, 0.05) is 10.6 Å². The van der Waals surface area contributed by atoms with Crippen molar-refractivity contribution in [3.8, 4) is 6.07 Å². The van der Waals surface area contributed by atoms with Crippen molar-refractivity contribution in [2.75, 3.05) is 18.1 Å². The first kappa shape index (κ1) is 19.8. The Bertz CT molecular complexity index is 921. The second kappa shape index (κ2) is 8.27. The van der Waals surface area contributed by atoms with Crippen LogP contribution in [-0.2, 0) is 16.1 Å². The lowest BCUT2D eigenvalue weighted by molar-refractivity contribution is 0.0453. The summed E-state index contributed by atoms with van der Waals surface area (Å²) in [6, 6.07) is 4.59. The van der Waals surface area contributed by atoms with Crippen LogP contribution in [0.3, 0.4) is 0 Å². The summed E-state index contributed by atoms with van der Waals surface area (Å²) < 4.78 is 10.1. The maximum Gasteiger partial charge on any atom is 0.348 e. The van der Waals surface area contributed by atoms with Gasteiger partial charge in [0.15, 0.2) is 0 Å². The van der Waals surface area contributed by atoms with Gasteiger partial charge in [-0.05, 0) is 19.1 Å². The predicted octanol–water partition coefficient (Wildman–Crippen LogP) is 3.62. The highest BCUT2D eigenvalue weighted by molar-refractivity contribution is 7.18. The highest BCUT2D eigenvalue weighted by Crippen LogP contribution is 2.33. The van der Waals surface area contributed by atoms with Crippen molar-refractivity contribution >= 4 is 57.2 Å². The smallest absolute Gasteiger partial charge is 0.348 e. The average molecular weight is 414 g/mol. The normalized spacial score (nSPS) is 10.2. The van der Waals surface area contributed by atoms with Gasteiger partial charge in [0.25, 0.3) is 0 Å². The molecule has 2 aromatic rings. The van der Waals surface area contributed by atoms with Gasteiger partial charge in [0.2, 0.25) is 0 Å². The van der Waals surface area contributed by atoms with Gasteiger partial charge in [-0.3, -0.25) is 0 Å². The molecule has 0 atom stereocenters. The fourth-order valence-electron chi connectivity index (χ4n) is 2.08. The number of hydrogen-bond donors (Lipinski definition) is 2. The molecule has 4 N–H and O–H groups in total. The van der Waals surface area contributed by atoms with Crippen LogP contribution in [0.25, 0.3) is 0 Å². The van der Waals surface area contributed by atoms with Crippen molar-refractivity contribution < 1.29 is 19.1 Å². The van der Waals surface area contributed by atoms with E-state index in [2.05, 4.69) is 0 Å². The fourth-order valence-corrected chi connectivity index (χ4v) is 3.49. The molecule has 1 aromatic heterocycles. The lowest BCUT2D eigenvalue weighted by atomic mass is 10.1. The van der Waals surface area contributed by atoms with E-state index < -0.39 is 11.9 Å². The summed E-state index contributed by atoms with van der Waals surface area (Å²) in [5, 5.41) is 9.70. The average Bonchev–Trinajstić information content (AvgIpc) is 2.91. The molecular weight excluding hydrogens is 401 g/mol. The Morgan fingerprint density at radius 3 is 2.54 bits per heavy atom. The van der Waals surface area contributed by atoms with Crippen molar-refractivity contribution in [2.24, 2.45) is 0 Å². The highest BCUT2D eigenvalue weighted by Gasteiger charge is 2.24. The van der Waals surface area contributed by atoms with Gasteiger partial charge >= 0.3 is 11.9 Å². The number of benzene rings is 1. The van der Waals surface area contributed by atoms with E-state index in [4.69, 9.17) is 44.1 Å². The topological polar surface area (TPSA) is 128 Å². The zero-order valence-electron chi connectivity index (χ0n) is 13.5. The molecule has 1 aromatic carbocycles. The molecule has 0 saturated heterocycles. The van der Waals surface area contributed by atoms with Gasteiger partial charge in [0.05, 0.1) is 28.4 Å². The Labute approximate surface area is 163 Å². The molecule has 0 radical (unpaired) electrons. The number of ether oxygens (including phenoxy) is 2. The fraction of sp³-hybridized carbons (Fsp3) is 0.188. The number of nitriles is 1. The van der Waals surface area contributed by atoms with Crippen molar-refractivity contribution in [2.45, 2.75) is 13.5 Å². The van der Waals surface area contributed by atoms with E-state index >= 15 is 0 Å². The number of rotatable bonds is 5. The minimum absolute atomic E-state index is 0.0111. The summed E-state index contributed by atoms with van der Waals surface area (Å²) in [5.74, 6) is -1.46. The number of halogens is 2.